The molecule has 1 aliphatic rings. The highest BCUT2D eigenvalue weighted by atomic mass is 16.3. The molecule has 0 aromatic carbocycles. The van der Waals surface area contributed by atoms with E-state index in [4.69, 9.17) is 0 Å². The van der Waals surface area contributed by atoms with Crippen molar-refractivity contribution in [3.8, 4) is 0 Å². The van der Waals surface area contributed by atoms with Crippen LogP contribution in [0.1, 0.15) is 39.0 Å². The summed E-state index contributed by atoms with van der Waals surface area (Å²) >= 11 is 0. The molecule has 0 aliphatic heterocycles. The van der Waals surface area contributed by atoms with Crippen LogP contribution in [0.3, 0.4) is 0 Å². The number of hydrogen-bond acceptors (Lipinski definition) is 3. The first kappa shape index (κ1) is 12.0. The molecule has 3 unspecified atom stereocenters. The van der Waals surface area contributed by atoms with Crippen molar-refractivity contribution < 1.29 is 10.2 Å². The SMILES string of the molecule is CCC(O)CN(C)C1CCCCC1O. The lowest BCUT2D eigenvalue weighted by Crippen LogP contribution is -2.46. The zero-order valence-electron chi connectivity index (χ0n) is 9.32. The molecule has 0 spiro atoms. The zero-order valence-corrected chi connectivity index (χ0v) is 9.32. The molecule has 3 heteroatoms. The summed E-state index contributed by atoms with van der Waals surface area (Å²) in [6.07, 6.45) is 4.65. The monoisotopic (exact) mass is 201 g/mol. The molecule has 0 amide bonds. The first-order valence-electron chi connectivity index (χ1n) is 5.71. The van der Waals surface area contributed by atoms with Crippen molar-refractivity contribution in [1.29, 1.82) is 0 Å². The second-order valence-electron chi connectivity index (χ2n) is 4.42. The summed E-state index contributed by atoms with van der Waals surface area (Å²) in [6, 6.07) is 0.255. The average Bonchev–Trinajstić information content (AvgIpc) is 2.18. The third-order valence-corrected chi connectivity index (χ3v) is 3.23. The minimum atomic E-state index is -0.255. The van der Waals surface area contributed by atoms with Gasteiger partial charge in [-0.15, -0.1) is 0 Å². The summed E-state index contributed by atoms with van der Waals surface area (Å²) in [5, 5.41) is 19.3. The van der Waals surface area contributed by atoms with Crippen LogP contribution in [0.4, 0.5) is 0 Å². The van der Waals surface area contributed by atoms with Crippen LogP contribution in [0.5, 0.6) is 0 Å². The van der Waals surface area contributed by atoms with E-state index in [1.54, 1.807) is 0 Å². The topological polar surface area (TPSA) is 43.7 Å². The number of rotatable bonds is 4. The lowest BCUT2D eigenvalue weighted by molar-refractivity contribution is 0.0108. The van der Waals surface area contributed by atoms with E-state index in [1.165, 1.54) is 6.42 Å². The normalized spacial score (nSPS) is 30.6. The first-order valence-corrected chi connectivity index (χ1v) is 5.71. The average molecular weight is 201 g/mol. The van der Waals surface area contributed by atoms with Gasteiger partial charge in [0, 0.05) is 12.6 Å². The van der Waals surface area contributed by atoms with E-state index in [1.807, 2.05) is 14.0 Å². The van der Waals surface area contributed by atoms with Gasteiger partial charge >= 0.3 is 0 Å². The Morgan fingerprint density at radius 1 is 1.36 bits per heavy atom. The molecule has 0 bridgehead atoms. The van der Waals surface area contributed by atoms with Gasteiger partial charge in [-0.25, -0.2) is 0 Å². The van der Waals surface area contributed by atoms with Gasteiger partial charge in [0.05, 0.1) is 12.2 Å². The Labute approximate surface area is 86.7 Å². The van der Waals surface area contributed by atoms with E-state index in [-0.39, 0.29) is 18.2 Å². The number of hydrogen-bond donors (Lipinski definition) is 2. The van der Waals surface area contributed by atoms with Crippen molar-refractivity contribution >= 4 is 0 Å². The highest BCUT2D eigenvalue weighted by molar-refractivity contribution is 4.82. The second-order valence-corrected chi connectivity index (χ2v) is 4.42. The maximum atomic E-state index is 9.80. The van der Waals surface area contributed by atoms with E-state index in [0.717, 1.165) is 25.7 Å². The molecule has 3 atom stereocenters. The molecule has 1 fully saturated rings. The van der Waals surface area contributed by atoms with Gasteiger partial charge in [0.25, 0.3) is 0 Å². The van der Waals surface area contributed by atoms with E-state index in [0.29, 0.717) is 6.54 Å². The smallest absolute Gasteiger partial charge is 0.0695 e. The van der Waals surface area contributed by atoms with Crippen LogP contribution < -0.4 is 0 Å². The summed E-state index contributed by atoms with van der Waals surface area (Å²) in [5.41, 5.74) is 0. The van der Waals surface area contributed by atoms with Crippen LogP contribution in [-0.2, 0) is 0 Å². The van der Waals surface area contributed by atoms with Crippen molar-refractivity contribution in [3.63, 3.8) is 0 Å². The van der Waals surface area contributed by atoms with Gasteiger partial charge in [0.1, 0.15) is 0 Å². The summed E-state index contributed by atoms with van der Waals surface area (Å²) in [6.45, 7) is 2.66. The third-order valence-electron chi connectivity index (χ3n) is 3.23. The largest absolute Gasteiger partial charge is 0.392 e. The molecule has 0 aromatic heterocycles. The van der Waals surface area contributed by atoms with E-state index in [2.05, 4.69) is 4.90 Å². The number of aliphatic hydroxyl groups is 2. The van der Waals surface area contributed by atoms with Crippen LogP contribution in [0.15, 0.2) is 0 Å². The number of nitrogens with zero attached hydrogens (tertiary/aromatic N) is 1. The van der Waals surface area contributed by atoms with Crippen molar-refractivity contribution in [1.82, 2.24) is 4.90 Å². The summed E-state index contributed by atoms with van der Waals surface area (Å²) in [5.74, 6) is 0. The highest BCUT2D eigenvalue weighted by Gasteiger charge is 2.27. The van der Waals surface area contributed by atoms with Crippen molar-refractivity contribution in [2.45, 2.75) is 57.3 Å². The van der Waals surface area contributed by atoms with Crippen LogP contribution in [0.25, 0.3) is 0 Å². The molecule has 2 N–H and O–H groups in total. The Morgan fingerprint density at radius 3 is 2.57 bits per heavy atom. The molecule has 0 radical (unpaired) electrons. The molecule has 0 aromatic rings. The fraction of sp³-hybridized carbons (Fsp3) is 1.00. The van der Waals surface area contributed by atoms with E-state index >= 15 is 0 Å². The predicted molar refractivity (Wildman–Crippen MR) is 57.2 cm³/mol. The molecule has 0 heterocycles. The van der Waals surface area contributed by atoms with Gasteiger partial charge < -0.3 is 10.2 Å². The summed E-state index contributed by atoms with van der Waals surface area (Å²) in [4.78, 5) is 2.11. The standard InChI is InChI=1S/C11H23NO2/c1-3-9(13)8-12(2)10-6-4-5-7-11(10)14/h9-11,13-14H,3-8H2,1-2H3. The lowest BCUT2D eigenvalue weighted by Gasteiger charge is -2.36. The molecule has 0 saturated heterocycles. The van der Waals surface area contributed by atoms with E-state index in [9.17, 15) is 10.2 Å². The minimum absolute atomic E-state index is 0.196. The molecule has 14 heavy (non-hydrogen) atoms. The van der Waals surface area contributed by atoms with Crippen LogP contribution in [-0.4, -0.2) is 47.0 Å². The fourth-order valence-corrected chi connectivity index (χ4v) is 2.20. The molecule has 1 saturated carbocycles. The molecular formula is C11H23NO2. The molecule has 1 rings (SSSR count). The van der Waals surface area contributed by atoms with Crippen LogP contribution >= 0.6 is 0 Å². The molecule has 84 valence electrons. The Morgan fingerprint density at radius 2 is 2.00 bits per heavy atom. The summed E-state index contributed by atoms with van der Waals surface area (Å²) in [7, 11) is 2.00. The van der Waals surface area contributed by atoms with Crippen molar-refractivity contribution in [2.75, 3.05) is 13.6 Å². The quantitative estimate of drug-likeness (QED) is 0.713. The Kier molecular flexibility index (Phi) is 4.85. The highest BCUT2D eigenvalue weighted by Crippen LogP contribution is 2.22. The number of likely N-dealkylation sites (N-methyl/N-ethyl adjacent to an activating group) is 1. The Bertz CT molecular complexity index is 163. The van der Waals surface area contributed by atoms with Crippen molar-refractivity contribution in [3.05, 3.63) is 0 Å². The molecular weight excluding hydrogens is 178 g/mol. The number of aliphatic hydroxyl groups excluding tert-OH is 2. The van der Waals surface area contributed by atoms with E-state index < -0.39 is 0 Å². The Balaban J connectivity index is 2.37. The van der Waals surface area contributed by atoms with Gasteiger partial charge in [-0.3, -0.25) is 4.90 Å². The van der Waals surface area contributed by atoms with Gasteiger partial charge in [0.15, 0.2) is 0 Å². The predicted octanol–water partition coefficient (Wildman–Crippen LogP) is 0.993. The minimum Gasteiger partial charge on any atom is -0.392 e. The van der Waals surface area contributed by atoms with Gasteiger partial charge in [-0.1, -0.05) is 19.8 Å². The summed E-state index contributed by atoms with van der Waals surface area (Å²) < 4.78 is 0. The first-order chi connectivity index (χ1) is 6.65. The van der Waals surface area contributed by atoms with Crippen LogP contribution in [0, 0.1) is 0 Å². The zero-order chi connectivity index (χ0) is 10.6. The van der Waals surface area contributed by atoms with Gasteiger partial charge in [-0.05, 0) is 26.3 Å². The van der Waals surface area contributed by atoms with Gasteiger partial charge in [-0.2, -0.15) is 0 Å². The fourth-order valence-electron chi connectivity index (χ4n) is 2.20. The molecule has 3 nitrogen and oxygen atoms in total. The third kappa shape index (κ3) is 3.23. The Hall–Kier alpha value is -0.120. The van der Waals surface area contributed by atoms with Crippen LogP contribution in [0.2, 0.25) is 0 Å². The lowest BCUT2D eigenvalue weighted by atomic mass is 9.91. The maximum absolute atomic E-state index is 9.80. The second kappa shape index (κ2) is 5.69. The van der Waals surface area contributed by atoms with Crippen molar-refractivity contribution in [2.24, 2.45) is 0 Å². The molecule has 1 aliphatic carbocycles. The maximum Gasteiger partial charge on any atom is 0.0695 e. The van der Waals surface area contributed by atoms with Gasteiger partial charge in [0.2, 0.25) is 0 Å².